The molecule has 1 rings (SSSR count). The molecule has 1 amide bonds. The molecule has 0 saturated heterocycles. The molecule has 1 N–H and O–H groups in total. The number of halogens is 4. The Bertz CT molecular complexity index is 419. The van der Waals surface area contributed by atoms with Crippen LogP contribution in [0.3, 0.4) is 0 Å². The number of alkyl halides is 2. The Kier molecular flexibility index (Phi) is 6.24. The molecule has 0 fully saturated rings. The first kappa shape index (κ1) is 15.1. The van der Waals surface area contributed by atoms with Crippen LogP contribution in [-0.2, 0) is 4.74 Å². The fourth-order valence-electron chi connectivity index (χ4n) is 1.09. The Labute approximate surface area is 112 Å². The summed E-state index contributed by atoms with van der Waals surface area (Å²) in [5.41, 5.74) is 0.162. The lowest BCUT2D eigenvalue weighted by atomic mass is 10.2. The van der Waals surface area contributed by atoms with Crippen LogP contribution in [0.1, 0.15) is 10.4 Å². The second-order valence-electron chi connectivity index (χ2n) is 3.19. The van der Waals surface area contributed by atoms with Crippen molar-refractivity contribution in [3.63, 3.8) is 0 Å². The highest BCUT2D eigenvalue weighted by atomic mass is 35.5. The number of hydrogen-bond acceptors (Lipinski definition) is 3. The molecule has 18 heavy (non-hydrogen) atoms. The van der Waals surface area contributed by atoms with E-state index < -0.39 is 18.9 Å². The van der Waals surface area contributed by atoms with Crippen LogP contribution in [0, 0.1) is 0 Å². The van der Waals surface area contributed by atoms with Crippen LogP contribution in [0.4, 0.5) is 8.78 Å². The fraction of sp³-hybridized carbons (Fsp3) is 0.400. The molecule has 0 aliphatic rings. The minimum absolute atomic E-state index is 0.00524. The number of nitrogens with one attached hydrogen (secondary N) is 1. The zero-order chi connectivity index (χ0) is 13.5. The normalized spacial score (nSPS) is 10.7. The van der Waals surface area contributed by atoms with Crippen LogP contribution in [0.25, 0.3) is 0 Å². The minimum atomic E-state index is -2.52. The third-order valence-electron chi connectivity index (χ3n) is 1.84. The van der Waals surface area contributed by atoms with Gasteiger partial charge in [-0.15, -0.1) is 0 Å². The SMILES string of the molecule is O=C(NCCOCC(F)F)c1ccc(Cl)nc1Cl. The number of carbonyl (C=O) groups excluding carboxylic acids is 1. The number of ether oxygens (including phenoxy) is 1. The average Bonchev–Trinajstić information content (AvgIpc) is 2.27. The van der Waals surface area contributed by atoms with Crippen LogP contribution < -0.4 is 5.32 Å². The maximum Gasteiger partial charge on any atom is 0.261 e. The molecule has 0 aliphatic carbocycles. The molecule has 0 radical (unpaired) electrons. The van der Waals surface area contributed by atoms with Gasteiger partial charge in [0.2, 0.25) is 0 Å². The number of hydrogen-bond donors (Lipinski definition) is 1. The number of amides is 1. The Morgan fingerprint density at radius 3 is 2.78 bits per heavy atom. The molecule has 4 nitrogen and oxygen atoms in total. The van der Waals surface area contributed by atoms with E-state index in [4.69, 9.17) is 23.2 Å². The van der Waals surface area contributed by atoms with Crippen molar-refractivity contribution in [1.29, 1.82) is 0 Å². The van der Waals surface area contributed by atoms with E-state index in [0.29, 0.717) is 0 Å². The molecule has 0 bridgehead atoms. The van der Waals surface area contributed by atoms with Crippen LogP contribution in [0.15, 0.2) is 12.1 Å². The summed E-state index contributed by atoms with van der Waals surface area (Å²) in [4.78, 5) is 15.3. The third-order valence-corrected chi connectivity index (χ3v) is 2.33. The van der Waals surface area contributed by atoms with Gasteiger partial charge in [-0.1, -0.05) is 23.2 Å². The van der Waals surface area contributed by atoms with Crippen LogP contribution in [0.2, 0.25) is 10.3 Å². The summed E-state index contributed by atoms with van der Waals surface area (Å²) < 4.78 is 28.0. The van der Waals surface area contributed by atoms with E-state index in [-0.39, 0.29) is 29.0 Å². The predicted molar refractivity (Wildman–Crippen MR) is 63.4 cm³/mol. The zero-order valence-electron chi connectivity index (χ0n) is 9.13. The summed E-state index contributed by atoms with van der Waals surface area (Å²) in [6, 6.07) is 2.85. The summed E-state index contributed by atoms with van der Waals surface area (Å²) in [6.07, 6.45) is -2.52. The number of carbonyl (C=O) groups is 1. The second kappa shape index (κ2) is 7.45. The number of aromatic nitrogens is 1. The Morgan fingerprint density at radius 2 is 2.17 bits per heavy atom. The second-order valence-corrected chi connectivity index (χ2v) is 3.94. The summed E-state index contributed by atoms with van der Waals surface area (Å²) in [7, 11) is 0. The zero-order valence-corrected chi connectivity index (χ0v) is 10.6. The van der Waals surface area contributed by atoms with Crippen LogP contribution in [-0.4, -0.2) is 37.1 Å². The maximum atomic E-state index is 11.7. The van der Waals surface area contributed by atoms with Crippen molar-refractivity contribution in [1.82, 2.24) is 10.3 Å². The standard InChI is InChI=1S/C10H10Cl2F2N2O2/c11-7-2-1-6(9(12)16-7)10(17)15-3-4-18-5-8(13)14/h1-2,8H,3-5H2,(H,15,17). The fourth-order valence-corrected chi connectivity index (χ4v) is 1.52. The van der Waals surface area contributed by atoms with Gasteiger partial charge in [-0.25, -0.2) is 13.8 Å². The first-order chi connectivity index (χ1) is 8.50. The molecule has 1 heterocycles. The van der Waals surface area contributed by atoms with Gasteiger partial charge in [0.25, 0.3) is 12.3 Å². The van der Waals surface area contributed by atoms with Gasteiger partial charge in [-0.3, -0.25) is 4.79 Å². The minimum Gasteiger partial charge on any atom is -0.374 e. The van der Waals surface area contributed by atoms with E-state index in [2.05, 4.69) is 15.0 Å². The van der Waals surface area contributed by atoms with Crippen molar-refractivity contribution in [3.8, 4) is 0 Å². The van der Waals surface area contributed by atoms with Crippen molar-refractivity contribution in [2.45, 2.75) is 6.43 Å². The molecule has 1 aromatic heterocycles. The molecule has 100 valence electrons. The molecule has 0 atom stereocenters. The summed E-state index contributed by atoms with van der Waals surface area (Å²) in [5.74, 6) is -0.468. The highest BCUT2D eigenvalue weighted by molar-refractivity contribution is 6.34. The van der Waals surface area contributed by atoms with Gasteiger partial charge >= 0.3 is 0 Å². The Balaban J connectivity index is 2.36. The van der Waals surface area contributed by atoms with Gasteiger partial charge in [-0.05, 0) is 12.1 Å². The summed E-state index contributed by atoms with van der Waals surface area (Å²) in [6.45, 7) is -0.557. The molecule has 0 aliphatic heterocycles. The number of rotatable bonds is 6. The monoisotopic (exact) mass is 298 g/mol. The van der Waals surface area contributed by atoms with E-state index >= 15 is 0 Å². The molecule has 0 unspecified atom stereocenters. The molecule has 0 aromatic carbocycles. The first-order valence-electron chi connectivity index (χ1n) is 4.97. The highest BCUT2D eigenvalue weighted by Gasteiger charge is 2.11. The van der Waals surface area contributed by atoms with E-state index in [1.807, 2.05) is 0 Å². The lowest BCUT2D eigenvalue weighted by Crippen LogP contribution is -2.28. The Morgan fingerprint density at radius 1 is 1.44 bits per heavy atom. The third kappa shape index (κ3) is 5.12. The van der Waals surface area contributed by atoms with Crippen molar-refractivity contribution in [2.75, 3.05) is 19.8 Å². The summed E-state index contributed by atoms with van der Waals surface area (Å²) in [5, 5.41) is 2.61. The Hall–Kier alpha value is -0.980. The van der Waals surface area contributed by atoms with Gasteiger partial charge in [0, 0.05) is 6.54 Å². The molecular weight excluding hydrogens is 289 g/mol. The van der Waals surface area contributed by atoms with Crippen molar-refractivity contribution in [3.05, 3.63) is 28.0 Å². The maximum absolute atomic E-state index is 11.7. The molecule has 1 aromatic rings. The van der Waals surface area contributed by atoms with E-state index in [1.54, 1.807) is 0 Å². The van der Waals surface area contributed by atoms with E-state index in [9.17, 15) is 13.6 Å². The van der Waals surface area contributed by atoms with Crippen molar-refractivity contribution < 1.29 is 18.3 Å². The van der Waals surface area contributed by atoms with Crippen molar-refractivity contribution >= 4 is 29.1 Å². The lowest BCUT2D eigenvalue weighted by molar-refractivity contribution is 0.0188. The highest BCUT2D eigenvalue weighted by Crippen LogP contribution is 2.16. The quantitative estimate of drug-likeness (QED) is 0.648. The molecule has 0 spiro atoms. The largest absolute Gasteiger partial charge is 0.374 e. The topological polar surface area (TPSA) is 51.2 Å². The van der Waals surface area contributed by atoms with Gasteiger partial charge in [-0.2, -0.15) is 0 Å². The smallest absolute Gasteiger partial charge is 0.261 e. The van der Waals surface area contributed by atoms with Gasteiger partial charge in [0.15, 0.2) is 0 Å². The van der Waals surface area contributed by atoms with Crippen molar-refractivity contribution in [2.24, 2.45) is 0 Å². The lowest BCUT2D eigenvalue weighted by Gasteiger charge is -2.07. The van der Waals surface area contributed by atoms with Crippen LogP contribution in [0.5, 0.6) is 0 Å². The molecule has 8 heteroatoms. The van der Waals surface area contributed by atoms with Gasteiger partial charge in [0.05, 0.1) is 12.2 Å². The first-order valence-corrected chi connectivity index (χ1v) is 5.72. The van der Waals surface area contributed by atoms with Gasteiger partial charge in [0.1, 0.15) is 16.9 Å². The van der Waals surface area contributed by atoms with E-state index in [0.717, 1.165) is 0 Å². The number of nitrogens with zero attached hydrogens (tertiary/aromatic N) is 1. The summed E-state index contributed by atoms with van der Waals surface area (Å²) >= 11 is 11.3. The predicted octanol–water partition coefficient (Wildman–Crippen LogP) is 2.40. The number of pyridine rings is 1. The average molecular weight is 299 g/mol. The molecular formula is C10H10Cl2F2N2O2. The van der Waals surface area contributed by atoms with E-state index in [1.165, 1.54) is 12.1 Å². The van der Waals surface area contributed by atoms with Gasteiger partial charge < -0.3 is 10.1 Å². The molecule has 0 saturated carbocycles. The van der Waals surface area contributed by atoms with Crippen LogP contribution >= 0.6 is 23.2 Å².